The molecule has 2 heterocycles. The number of aliphatic imine (C=N–C) groups is 1. The van der Waals surface area contributed by atoms with E-state index < -0.39 is 0 Å². The third-order valence-electron chi connectivity index (χ3n) is 7.39. The van der Waals surface area contributed by atoms with Crippen molar-refractivity contribution in [3.8, 4) is 5.88 Å². The van der Waals surface area contributed by atoms with Gasteiger partial charge in [-0.05, 0) is 80.6 Å². The summed E-state index contributed by atoms with van der Waals surface area (Å²) in [4.78, 5) is 18.4. The minimum absolute atomic E-state index is 0.00615. The lowest BCUT2D eigenvalue weighted by Gasteiger charge is -2.55. The fourth-order valence-electron chi connectivity index (χ4n) is 6.48. The summed E-state index contributed by atoms with van der Waals surface area (Å²) in [6.07, 6.45) is 10.5. The monoisotopic (exact) mass is 437 g/mol. The number of benzene rings is 1. The normalized spacial score (nSPS) is 32.0. The molecule has 4 bridgehead atoms. The molecule has 4 aliphatic carbocycles. The van der Waals surface area contributed by atoms with E-state index in [1.54, 1.807) is 6.21 Å². The van der Waals surface area contributed by atoms with Gasteiger partial charge in [0, 0.05) is 17.4 Å². The summed E-state index contributed by atoms with van der Waals surface area (Å²) in [5, 5.41) is 10.9. The number of amides is 1. The molecule has 0 radical (unpaired) electrons. The Morgan fingerprint density at radius 1 is 1.20 bits per heavy atom. The molecular weight excluding hydrogens is 414 g/mol. The van der Waals surface area contributed by atoms with E-state index in [0.717, 1.165) is 36.1 Å². The van der Waals surface area contributed by atoms with E-state index in [1.807, 2.05) is 30.3 Å². The number of para-hydroxylation sites is 1. The first-order chi connectivity index (χ1) is 14.5. The van der Waals surface area contributed by atoms with Crippen LogP contribution in [0.2, 0.25) is 0 Å². The Bertz CT molecular complexity index is 1140. The topological polar surface area (TPSA) is 66.6 Å². The highest BCUT2D eigenvalue weighted by atomic mass is 32.1. The Hall–Kier alpha value is -2.25. The second kappa shape index (κ2) is 6.62. The van der Waals surface area contributed by atoms with Crippen molar-refractivity contribution in [1.29, 1.82) is 0 Å². The van der Waals surface area contributed by atoms with Crippen molar-refractivity contribution in [2.75, 3.05) is 5.43 Å². The zero-order chi connectivity index (χ0) is 20.5. The quantitative estimate of drug-likeness (QED) is 0.621. The van der Waals surface area contributed by atoms with Gasteiger partial charge in [-0.15, -0.1) is 0 Å². The van der Waals surface area contributed by atoms with Gasteiger partial charge < -0.3 is 5.11 Å². The number of nitrogens with zero attached hydrogens (tertiary/aromatic N) is 2. The number of hydrogen-bond donors (Lipinski definition) is 2. The van der Waals surface area contributed by atoms with Gasteiger partial charge in [0.05, 0.1) is 16.0 Å². The molecule has 0 spiro atoms. The van der Waals surface area contributed by atoms with Crippen molar-refractivity contribution in [1.82, 2.24) is 4.68 Å². The second-order valence-electron chi connectivity index (χ2n) is 9.41. The van der Waals surface area contributed by atoms with Crippen LogP contribution in [0.1, 0.15) is 49.0 Å². The minimum atomic E-state index is -0.284. The molecule has 1 aromatic heterocycles. The molecular formula is C23H23N3O2S2. The van der Waals surface area contributed by atoms with Gasteiger partial charge >= 0.3 is 0 Å². The number of aromatic hydroxyl groups is 1. The van der Waals surface area contributed by atoms with Crippen LogP contribution in [0.5, 0.6) is 5.88 Å². The number of carbonyl (C=O) groups is 1. The van der Waals surface area contributed by atoms with Crippen LogP contribution < -0.4 is 5.43 Å². The fraction of sp³-hybridized carbons (Fsp3) is 0.435. The van der Waals surface area contributed by atoms with Crippen LogP contribution in [0.25, 0.3) is 11.6 Å². The predicted molar refractivity (Wildman–Crippen MR) is 122 cm³/mol. The molecule has 1 amide bonds. The fourth-order valence-corrected chi connectivity index (χ4v) is 7.66. The minimum Gasteiger partial charge on any atom is -0.492 e. The summed E-state index contributed by atoms with van der Waals surface area (Å²) in [6, 6.07) is 7.90. The van der Waals surface area contributed by atoms with Crippen LogP contribution in [0.3, 0.4) is 0 Å². The van der Waals surface area contributed by atoms with Gasteiger partial charge in [-0.1, -0.05) is 29.5 Å². The summed E-state index contributed by atoms with van der Waals surface area (Å²) in [7, 11) is 0. The van der Waals surface area contributed by atoms with Gasteiger partial charge in [-0.25, -0.2) is 0 Å². The molecule has 0 atom stereocenters. The largest absolute Gasteiger partial charge is 0.492 e. The molecule has 2 N–H and O–H groups in total. The summed E-state index contributed by atoms with van der Waals surface area (Å²) in [5.41, 5.74) is 5.56. The molecule has 7 rings (SSSR count). The van der Waals surface area contributed by atoms with Crippen LogP contribution in [0, 0.1) is 27.1 Å². The Morgan fingerprint density at radius 2 is 1.87 bits per heavy atom. The molecule has 4 saturated carbocycles. The molecule has 0 saturated heterocycles. The van der Waals surface area contributed by atoms with Crippen molar-refractivity contribution in [3.05, 3.63) is 38.7 Å². The van der Waals surface area contributed by atoms with Gasteiger partial charge in [0.15, 0.2) is 3.95 Å². The molecule has 2 aromatic rings. The van der Waals surface area contributed by atoms with Crippen molar-refractivity contribution < 1.29 is 9.90 Å². The highest BCUT2D eigenvalue weighted by molar-refractivity contribution is 7.73. The Balaban J connectivity index is 1.29. The number of allylic oxidation sites excluding steroid dienone is 1. The average molecular weight is 438 g/mol. The first-order valence-corrected chi connectivity index (χ1v) is 11.8. The van der Waals surface area contributed by atoms with Crippen molar-refractivity contribution in [3.63, 3.8) is 0 Å². The SMILES string of the molecule is O=C(Nn1c(O)c(/C=C2/C=Nc3ccccc32)sc1=S)C12CC3CC(CC(C3)C1)C2. The Morgan fingerprint density at radius 3 is 2.57 bits per heavy atom. The average Bonchev–Trinajstić information content (AvgIpc) is 3.23. The van der Waals surface area contributed by atoms with Crippen LogP contribution in [0.15, 0.2) is 29.3 Å². The van der Waals surface area contributed by atoms with Crippen LogP contribution in [-0.4, -0.2) is 21.9 Å². The molecule has 1 aliphatic heterocycles. The van der Waals surface area contributed by atoms with E-state index in [0.29, 0.717) is 26.6 Å². The molecule has 30 heavy (non-hydrogen) atoms. The van der Waals surface area contributed by atoms with E-state index in [4.69, 9.17) is 12.2 Å². The maximum atomic E-state index is 13.4. The summed E-state index contributed by atoms with van der Waals surface area (Å²) >= 11 is 6.78. The van der Waals surface area contributed by atoms with Crippen molar-refractivity contribution in [2.24, 2.45) is 28.2 Å². The number of aromatic nitrogens is 1. The highest BCUT2D eigenvalue weighted by Gasteiger charge is 2.54. The molecule has 1 aromatic carbocycles. The standard InChI is InChI=1S/C23H23N3O2S2/c27-20-19(8-16-12-24-18-4-2-1-3-17(16)18)30-22(29)26(20)25-21(28)23-9-13-5-14(10-23)7-15(6-13)11-23/h1-4,8,12-15,27H,5-7,9-11H2,(H,25,28)/b16-8-. The first-order valence-electron chi connectivity index (χ1n) is 10.6. The first kappa shape index (κ1) is 18.5. The third-order valence-corrected chi connectivity index (χ3v) is 8.70. The van der Waals surface area contributed by atoms with E-state index in [1.165, 1.54) is 35.3 Å². The lowest BCUT2D eigenvalue weighted by molar-refractivity contribution is -0.141. The number of nitrogens with one attached hydrogen (secondary N) is 1. The smallest absolute Gasteiger partial charge is 0.245 e. The number of fused-ring (bicyclic) bond motifs is 1. The molecule has 0 unspecified atom stereocenters. The van der Waals surface area contributed by atoms with Gasteiger partial charge in [-0.3, -0.25) is 15.2 Å². The molecule has 5 nitrogen and oxygen atoms in total. The van der Waals surface area contributed by atoms with E-state index in [2.05, 4.69) is 10.4 Å². The van der Waals surface area contributed by atoms with E-state index in [9.17, 15) is 9.90 Å². The number of carbonyl (C=O) groups excluding carboxylic acids is 1. The summed E-state index contributed by atoms with van der Waals surface area (Å²) < 4.78 is 1.84. The third kappa shape index (κ3) is 2.82. The summed E-state index contributed by atoms with van der Waals surface area (Å²) in [6.45, 7) is 0. The predicted octanol–water partition coefficient (Wildman–Crippen LogP) is 5.53. The van der Waals surface area contributed by atoms with Gasteiger partial charge in [0.25, 0.3) is 0 Å². The zero-order valence-electron chi connectivity index (χ0n) is 16.5. The lowest BCUT2D eigenvalue weighted by atomic mass is 9.49. The molecule has 154 valence electrons. The van der Waals surface area contributed by atoms with Gasteiger partial charge in [0.1, 0.15) is 0 Å². The maximum absolute atomic E-state index is 13.4. The number of hydrogen-bond acceptors (Lipinski definition) is 5. The van der Waals surface area contributed by atoms with Gasteiger partial charge in [0.2, 0.25) is 11.8 Å². The van der Waals surface area contributed by atoms with Crippen molar-refractivity contribution in [2.45, 2.75) is 38.5 Å². The van der Waals surface area contributed by atoms with Crippen LogP contribution >= 0.6 is 23.6 Å². The summed E-state index contributed by atoms with van der Waals surface area (Å²) in [5.74, 6) is 2.08. The van der Waals surface area contributed by atoms with E-state index in [-0.39, 0.29) is 17.2 Å². The number of thiazole rings is 1. The Kier molecular flexibility index (Phi) is 4.09. The van der Waals surface area contributed by atoms with Crippen LogP contribution in [0.4, 0.5) is 5.69 Å². The Labute approximate surface area is 184 Å². The molecule has 4 fully saturated rings. The van der Waals surface area contributed by atoms with Crippen LogP contribution in [-0.2, 0) is 4.79 Å². The molecule has 7 heteroatoms. The second-order valence-corrected chi connectivity index (χ2v) is 11.1. The number of rotatable bonds is 3. The maximum Gasteiger partial charge on any atom is 0.245 e. The van der Waals surface area contributed by atoms with Gasteiger partial charge in [-0.2, -0.15) is 4.68 Å². The molecule has 5 aliphatic rings. The van der Waals surface area contributed by atoms with Crippen molar-refractivity contribution >= 4 is 53.0 Å². The highest BCUT2D eigenvalue weighted by Crippen LogP contribution is 2.60. The lowest BCUT2D eigenvalue weighted by Crippen LogP contribution is -2.52. The van der Waals surface area contributed by atoms with E-state index >= 15 is 0 Å². The zero-order valence-corrected chi connectivity index (χ0v) is 18.1.